The summed E-state index contributed by atoms with van der Waals surface area (Å²) in [6.45, 7) is 0.761. The normalized spacial score (nSPS) is 15.8. The molecule has 5 rings (SSSR count). The fraction of sp³-hybridized carbons (Fsp3) is 0.320. The molecule has 3 aromatic rings. The van der Waals surface area contributed by atoms with Crippen LogP contribution in [0.5, 0.6) is 5.75 Å². The third kappa shape index (κ3) is 4.29. The molecular formula is C25H22F3N3O2. The Morgan fingerprint density at radius 2 is 1.73 bits per heavy atom. The van der Waals surface area contributed by atoms with Crippen LogP contribution in [0.25, 0.3) is 11.3 Å². The summed E-state index contributed by atoms with van der Waals surface area (Å²) >= 11 is 0. The first-order valence-electron chi connectivity index (χ1n) is 10.8. The van der Waals surface area contributed by atoms with Gasteiger partial charge in [0.05, 0.1) is 24.1 Å². The van der Waals surface area contributed by atoms with Crippen LogP contribution in [0, 0.1) is 0 Å². The molecule has 170 valence electrons. The van der Waals surface area contributed by atoms with Crippen molar-refractivity contribution >= 4 is 5.91 Å². The number of carbonyl (C=O) groups is 1. The van der Waals surface area contributed by atoms with Gasteiger partial charge in [0.2, 0.25) is 0 Å². The van der Waals surface area contributed by atoms with Crippen molar-refractivity contribution in [2.75, 3.05) is 13.7 Å². The molecule has 2 aromatic carbocycles. The minimum Gasteiger partial charge on any atom is -0.497 e. The lowest BCUT2D eigenvalue weighted by molar-refractivity contribution is -0.137. The number of rotatable bonds is 4. The number of benzene rings is 2. The minimum atomic E-state index is -4.44. The first kappa shape index (κ1) is 21.4. The molecule has 5 nitrogen and oxygen atoms in total. The third-order valence-corrected chi connectivity index (χ3v) is 6.13. The first-order valence-corrected chi connectivity index (χ1v) is 10.8. The molecule has 33 heavy (non-hydrogen) atoms. The lowest BCUT2D eigenvalue weighted by atomic mass is 9.98. The van der Waals surface area contributed by atoms with Gasteiger partial charge in [-0.05, 0) is 61.4 Å². The number of ether oxygens (including phenoxy) is 1. The standard InChI is InChI=1S/C25H22F3N3O2/c1-33-19-10-6-15(7-11-19)22-20-14-31(13-12-21(20)29-23(30-22)16-2-3-16)24(32)17-4-8-18(9-5-17)25(26,27)28/h4-11,16H,2-3,12-14H2,1H3. The molecule has 2 heterocycles. The van der Waals surface area contributed by atoms with E-state index < -0.39 is 11.7 Å². The maximum absolute atomic E-state index is 13.1. The molecule has 8 heteroatoms. The molecule has 1 aliphatic carbocycles. The molecule has 0 unspecified atom stereocenters. The summed E-state index contributed by atoms with van der Waals surface area (Å²) in [6.07, 6.45) is -1.69. The van der Waals surface area contributed by atoms with Gasteiger partial charge in [-0.3, -0.25) is 4.79 Å². The summed E-state index contributed by atoms with van der Waals surface area (Å²) in [7, 11) is 1.61. The van der Waals surface area contributed by atoms with Crippen molar-refractivity contribution in [3.05, 3.63) is 76.7 Å². The van der Waals surface area contributed by atoms with Gasteiger partial charge >= 0.3 is 6.18 Å². The monoisotopic (exact) mass is 453 g/mol. The molecule has 0 bridgehead atoms. The fourth-order valence-electron chi connectivity index (χ4n) is 4.10. The zero-order valence-corrected chi connectivity index (χ0v) is 18.0. The van der Waals surface area contributed by atoms with Gasteiger partial charge < -0.3 is 9.64 Å². The van der Waals surface area contributed by atoms with Gasteiger partial charge in [0.25, 0.3) is 5.91 Å². The largest absolute Gasteiger partial charge is 0.497 e. The van der Waals surface area contributed by atoms with Crippen molar-refractivity contribution in [1.29, 1.82) is 0 Å². The zero-order valence-electron chi connectivity index (χ0n) is 18.0. The Bertz CT molecular complexity index is 1190. The van der Waals surface area contributed by atoms with Crippen LogP contribution >= 0.6 is 0 Å². The van der Waals surface area contributed by atoms with Gasteiger partial charge in [-0.2, -0.15) is 13.2 Å². The van der Waals surface area contributed by atoms with Crippen LogP contribution in [0.15, 0.2) is 48.5 Å². The van der Waals surface area contributed by atoms with Gasteiger partial charge in [0, 0.05) is 42.1 Å². The van der Waals surface area contributed by atoms with Crippen molar-refractivity contribution in [3.8, 4) is 17.0 Å². The summed E-state index contributed by atoms with van der Waals surface area (Å²) in [5.74, 6) is 1.67. The van der Waals surface area contributed by atoms with E-state index in [9.17, 15) is 18.0 Å². The Balaban J connectivity index is 1.46. The van der Waals surface area contributed by atoms with E-state index in [2.05, 4.69) is 0 Å². The molecule has 0 atom stereocenters. The van der Waals surface area contributed by atoms with E-state index in [1.54, 1.807) is 12.0 Å². The molecule has 0 N–H and O–H groups in total. The van der Waals surface area contributed by atoms with E-state index in [1.165, 1.54) is 12.1 Å². The summed E-state index contributed by atoms with van der Waals surface area (Å²) in [5.41, 5.74) is 3.00. The topological polar surface area (TPSA) is 55.3 Å². The average Bonchev–Trinajstić information content (AvgIpc) is 3.68. The lowest BCUT2D eigenvalue weighted by Gasteiger charge is -2.30. The fourth-order valence-corrected chi connectivity index (χ4v) is 4.10. The second-order valence-electron chi connectivity index (χ2n) is 8.41. The number of alkyl halides is 3. The van der Waals surface area contributed by atoms with E-state index in [0.29, 0.717) is 25.4 Å². The molecule has 1 fully saturated rings. The molecule has 2 aliphatic rings. The predicted molar refractivity (Wildman–Crippen MR) is 116 cm³/mol. The van der Waals surface area contributed by atoms with Gasteiger partial charge in [0.1, 0.15) is 11.6 Å². The quantitative estimate of drug-likeness (QED) is 0.542. The van der Waals surface area contributed by atoms with Crippen molar-refractivity contribution in [2.45, 2.75) is 37.9 Å². The van der Waals surface area contributed by atoms with Crippen LogP contribution in [-0.2, 0) is 19.1 Å². The number of halogens is 3. The SMILES string of the molecule is COc1ccc(-c2nc(C3CC3)nc3c2CN(C(=O)c2ccc(C(F)(F)F)cc2)CC3)cc1. The average molecular weight is 453 g/mol. The van der Waals surface area contributed by atoms with Gasteiger partial charge in [-0.1, -0.05) is 0 Å². The zero-order chi connectivity index (χ0) is 23.2. The Labute approximate surface area is 189 Å². The number of hydrogen-bond acceptors (Lipinski definition) is 4. The summed E-state index contributed by atoms with van der Waals surface area (Å²) in [6, 6.07) is 12.0. The maximum atomic E-state index is 13.1. The number of methoxy groups -OCH3 is 1. The van der Waals surface area contributed by atoms with Crippen molar-refractivity contribution in [2.24, 2.45) is 0 Å². The second kappa shape index (κ2) is 8.17. The summed E-state index contributed by atoms with van der Waals surface area (Å²) < 4.78 is 43.9. The van der Waals surface area contributed by atoms with E-state index >= 15 is 0 Å². The maximum Gasteiger partial charge on any atom is 0.416 e. The van der Waals surface area contributed by atoms with Crippen molar-refractivity contribution in [1.82, 2.24) is 14.9 Å². The molecule has 1 saturated carbocycles. The van der Waals surface area contributed by atoms with Crippen LogP contribution in [0.2, 0.25) is 0 Å². The van der Waals surface area contributed by atoms with Crippen molar-refractivity contribution in [3.63, 3.8) is 0 Å². The highest BCUT2D eigenvalue weighted by atomic mass is 19.4. The summed E-state index contributed by atoms with van der Waals surface area (Å²) in [4.78, 5) is 24.4. The first-order chi connectivity index (χ1) is 15.8. The van der Waals surface area contributed by atoms with Crippen LogP contribution < -0.4 is 4.74 Å². The predicted octanol–water partition coefficient (Wildman–Crippen LogP) is 5.25. The highest BCUT2D eigenvalue weighted by Gasteiger charge is 2.33. The van der Waals surface area contributed by atoms with Gasteiger partial charge in [-0.15, -0.1) is 0 Å². The summed E-state index contributed by atoms with van der Waals surface area (Å²) in [5, 5.41) is 0. The lowest BCUT2D eigenvalue weighted by Crippen LogP contribution is -2.37. The third-order valence-electron chi connectivity index (χ3n) is 6.13. The second-order valence-corrected chi connectivity index (χ2v) is 8.41. The molecule has 1 aliphatic heterocycles. The number of hydrogen-bond donors (Lipinski definition) is 0. The number of fused-ring (bicyclic) bond motifs is 1. The van der Waals surface area contributed by atoms with E-state index in [4.69, 9.17) is 14.7 Å². The van der Waals surface area contributed by atoms with Crippen LogP contribution in [0.3, 0.4) is 0 Å². The Kier molecular flexibility index (Phi) is 5.31. The van der Waals surface area contributed by atoms with Crippen molar-refractivity contribution < 1.29 is 22.7 Å². The Hall–Kier alpha value is -3.42. The molecular weight excluding hydrogens is 431 g/mol. The van der Waals surface area contributed by atoms with Crippen LogP contribution in [-0.4, -0.2) is 34.4 Å². The van der Waals surface area contributed by atoms with Gasteiger partial charge in [0.15, 0.2) is 0 Å². The smallest absolute Gasteiger partial charge is 0.416 e. The number of amides is 1. The molecule has 1 aromatic heterocycles. The molecule has 1 amide bonds. The molecule has 0 saturated heterocycles. The molecule has 0 radical (unpaired) electrons. The van der Waals surface area contributed by atoms with Crippen LogP contribution in [0.4, 0.5) is 13.2 Å². The number of aromatic nitrogens is 2. The highest BCUT2D eigenvalue weighted by Crippen LogP contribution is 2.40. The number of carbonyl (C=O) groups excluding carboxylic acids is 1. The van der Waals surface area contributed by atoms with Crippen LogP contribution in [0.1, 0.15) is 51.8 Å². The van der Waals surface area contributed by atoms with E-state index in [1.807, 2.05) is 24.3 Å². The highest BCUT2D eigenvalue weighted by molar-refractivity contribution is 5.94. The minimum absolute atomic E-state index is 0.230. The molecule has 0 spiro atoms. The Morgan fingerprint density at radius 1 is 1.03 bits per heavy atom. The number of nitrogens with zero attached hydrogens (tertiary/aromatic N) is 3. The van der Waals surface area contributed by atoms with Gasteiger partial charge in [-0.25, -0.2) is 9.97 Å². The van der Waals surface area contributed by atoms with E-state index in [-0.39, 0.29) is 11.5 Å². The van der Waals surface area contributed by atoms with E-state index in [0.717, 1.165) is 59.1 Å². The Morgan fingerprint density at radius 3 is 2.33 bits per heavy atom.